The second kappa shape index (κ2) is 6.56. The summed E-state index contributed by atoms with van der Waals surface area (Å²) in [5.74, 6) is 0. The Morgan fingerprint density at radius 2 is 2.00 bits per heavy atom. The molecule has 0 saturated carbocycles. The van der Waals surface area contributed by atoms with Crippen LogP contribution in [0.15, 0.2) is 23.8 Å². The Morgan fingerprint density at radius 3 is 2.40 bits per heavy atom. The molecule has 1 nitrogen and oxygen atoms in total. The molecule has 0 aliphatic heterocycles. The van der Waals surface area contributed by atoms with Crippen LogP contribution in [0.2, 0.25) is 0 Å². The van der Waals surface area contributed by atoms with Crippen LogP contribution >= 0.6 is 0 Å². The van der Waals surface area contributed by atoms with Gasteiger partial charge in [-0.2, -0.15) is 0 Å². The van der Waals surface area contributed by atoms with Gasteiger partial charge in [-0.3, -0.25) is 0 Å². The maximum absolute atomic E-state index is 8.76. The highest BCUT2D eigenvalue weighted by atomic mass is 16.3. The first-order chi connectivity index (χ1) is 4.85. The van der Waals surface area contributed by atoms with E-state index in [-0.39, 0.29) is 6.61 Å². The summed E-state index contributed by atoms with van der Waals surface area (Å²) in [6.45, 7) is 4.30. The van der Waals surface area contributed by atoms with Crippen molar-refractivity contribution >= 4 is 0 Å². The van der Waals surface area contributed by atoms with Crippen LogP contribution in [0.25, 0.3) is 0 Å². The van der Waals surface area contributed by atoms with Crippen molar-refractivity contribution in [1.82, 2.24) is 0 Å². The topological polar surface area (TPSA) is 20.2 Å². The lowest BCUT2D eigenvalue weighted by atomic mass is 10.2. The van der Waals surface area contributed by atoms with Crippen molar-refractivity contribution in [3.8, 4) is 0 Å². The van der Waals surface area contributed by atoms with Gasteiger partial charge < -0.3 is 5.11 Å². The van der Waals surface area contributed by atoms with Crippen molar-refractivity contribution in [2.75, 3.05) is 6.61 Å². The molecule has 0 fully saturated rings. The minimum atomic E-state index is 0.157. The average Bonchev–Trinajstić information content (AvgIpc) is 1.98. The molecule has 0 aromatic rings. The van der Waals surface area contributed by atoms with Gasteiger partial charge in [0, 0.05) is 0 Å². The molecule has 0 aliphatic carbocycles. The van der Waals surface area contributed by atoms with Crippen molar-refractivity contribution in [3.05, 3.63) is 23.8 Å². The van der Waals surface area contributed by atoms with E-state index < -0.39 is 0 Å². The quantitative estimate of drug-likeness (QED) is 0.594. The molecule has 58 valence electrons. The number of hydrogen-bond donors (Lipinski definition) is 1. The van der Waals surface area contributed by atoms with E-state index in [4.69, 9.17) is 5.11 Å². The fourth-order valence-corrected chi connectivity index (χ4v) is 0.717. The lowest BCUT2D eigenvalue weighted by molar-refractivity contribution is 0.334. The Hall–Kier alpha value is -0.560. The van der Waals surface area contributed by atoms with Crippen LogP contribution in [0.4, 0.5) is 0 Å². The normalized spacial score (nSPS) is 12.9. The molecular weight excluding hydrogens is 124 g/mol. The minimum Gasteiger partial charge on any atom is -0.392 e. The molecule has 0 unspecified atom stereocenters. The summed E-state index contributed by atoms with van der Waals surface area (Å²) in [7, 11) is 0. The van der Waals surface area contributed by atoms with Gasteiger partial charge in [0.15, 0.2) is 0 Å². The van der Waals surface area contributed by atoms with E-state index in [1.165, 1.54) is 0 Å². The molecular formula is C9H16O. The van der Waals surface area contributed by atoms with Gasteiger partial charge in [0.1, 0.15) is 0 Å². The zero-order chi connectivity index (χ0) is 7.82. The third-order valence-corrected chi connectivity index (χ3v) is 1.22. The second-order valence-electron chi connectivity index (χ2n) is 2.16. The van der Waals surface area contributed by atoms with Gasteiger partial charge >= 0.3 is 0 Å². The molecule has 0 heterocycles. The fourth-order valence-electron chi connectivity index (χ4n) is 0.717. The van der Waals surface area contributed by atoms with Crippen molar-refractivity contribution in [3.63, 3.8) is 0 Å². The van der Waals surface area contributed by atoms with Crippen LogP contribution in [0.1, 0.15) is 26.7 Å². The van der Waals surface area contributed by atoms with Gasteiger partial charge in [-0.25, -0.2) is 0 Å². The summed E-state index contributed by atoms with van der Waals surface area (Å²) in [5.41, 5.74) is 1.02. The number of rotatable bonds is 4. The van der Waals surface area contributed by atoms with E-state index in [0.29, 0.717) is 0 Å². The van der Waals surface area contributed by atoms with E-state index in [0.717, 1.165) is 18.4 Å². The molecule has 0 bridgehead atoms. The molecule has 0 atom stereocenters. The van der Waals surface area contributed by atoms with Crippen molar-refractivity contribution in [2.45, 2.75) is 26.7 Å². The summed E-state index contributed by atoms with van der Waals surface area (Å²) in [4.78, 5) is 0. The number of allylic oxidation sites excluding steroid dienone is 2. The van der Waals surface area contributed by atoms with Crippen molar-refractivity contribution in [2.24, 2.45) is 0 Å². The third-order valence-electron chi connectivity index (χ3n) is 1.22. The first-order valence-electron chi connectivity index (χ1n) is 3.81. The first-order valence-corrected chi connectivity index (χ1v) is 3.81. The van der Waals surface area contributed by atoms with Gasteiger partial charge in [-0.05, 0) is 18.4 Å². The highest BCUT2D eigenvalue weighted by Gasteiger charge is 1.84. The summed E-state index contributed by atoms with van der Waals surface area (Å²) >= 11 is 0. The van der Waals surface area contributed by atoms with Gasteiger partial charge in [-0.15, -0.1) is 0 Å². The molecule has 0 aromatic heterocycles. The first kappa shape index (κ1) is 9.44. The highest BCUT2D eigenvalue weighted by molar-refractivity contribution is 5.18. The van der Waals surface area contributed by atoms with Gasteiger partial charge in [0.25, 0.3) is 0 Å². The predicted octanol–water partition coefficient (Wildman–Crippen LogP) is 2.28. The number of hydrogen-bond acceptors (Lipinski definition) is 1. The van der Waals surface area contributed by atoms with Crippen LogP contribution in [0, 0.1) is 0 Å². The molecule has 0 aromatic carbocycles. The predicted molar refractivity (Wildman–Crippen MR) is 44.9 cm³/mol. The molecule has 1 N–H and O–H groups in total. The van der Waals surface area contributed by atoms with Gasteiger partial charge in [0.2, 0.25) is 0 Å². The molecule has 1 heteroatoms. The molecule has 10 heavy (non-hydrogen) atoms. The van der Waals surface area contributed by atoms with E-state index >= 15 is 0 Å². The maximum Gasteiger partial charge on any atom is 0.0678 e. The number of aliphatic hydroxyl groups is 1. The Labute approximate surface area is 63.1 Å². The summed E-state index contributed by atoms with van der Waals surface area (Å²) in [6.07, 6.45) is 8.08. The molecule has 0 saturated heterocycles. The van der Waals surface area contributed by atoms with Gasteiger partial charge in [-0.1, -0.05) is 32.1 Å². The smallest absolute Gasteiger partial charge is 0.0678 e. The Kier molecular flexibility index (Phi) is 6.19. The number of aliphatic hydroxyl groups excluding tert-OH is 1. The lowest BCUT2D eigenvalue weighted by Gasteiger charge is -1.93. The fraction of sp³-hybridized carbons (Fsp3) is 0.556. The largest absolute Gasteiger partial charge is 0.392 e. The Bertz CT molecular complexity index is 123. The van der Waals surface area contributed by atoms with Crippen molar-refractivity contribution in [1.29, 1.82) is 0 Å². The van der Waals surface area contributed by atoms with Crippen LogP contribution in [0.3, 0.4) is 0 Å². The zero-order valence-electron chi connectivity index (χ0n) is 6.80. The molecule has 0 radical (unpaired) electrons. The van der Waals surface area contributed by atoms with Crippen LogP contribution < -0.4 is 0 Å². The maximum atomic E-state index is 8.76. The SMILES string of the molecule is CC/C=C\C(=C/CC)CO. The minimum absolute atomic E-state index is 0.157. The summed E-state index contributed by atoms with van der Waals surface area (Å²) < 4.78 is 0. The molecule has 0 spiro atoms. The lowest BCUT2D eigenvalue weighted by Crippen LogP contribution is -1.84. The summed E-state index contributed by atoms with van der Waals surface area (Å²) in [6, 6.07) is 0. The Balaban J connectivity index is 3.82. The van der Waals surface area contributed by atoms with E-state index in [1.54, 1.807) is 0 Å². The zero-order valence-corrected chi connectivity index (χ0v) is 6.80. The monoisotopic (exact) mass is 140 g/mol. The van der Waals surface area contributed by atoms with Gasteiger partial charge in [0.05, 0.1) is 6.61 Å². The average molecular weight is 140 g/mol. The second-order valence-corrected chi connectivity index (χ2v) is 2.16. The van der Waals surface area contributed by atoms with E-state index in [2.05, 4.69) is 19.9 Å². The van der Waals surface area contributed by atoms with Crippen LogP contribution in [-0.4, -0.2) is 11.7 Å². The molecule has 0 aliphatic rings. The highest BCUT2D eigenvalue weighted by Crippen LogP contribution is 1.97. The third kappa shape index (κ3) is 4.33. The summed E-state index contributed by atoms with van der Waals surface area (Å²) in [5, 5.41) is 8.76. The Morgan fingerprint density at radius 1 is 1.30 bits per heavy atom. The van der Waals surface area contributed by atoms with Crippen LogP contribution in [0.5, 0.6) is 0 Å². The van der Waals surface area contributed by atoms with E-state index in [9.17, 15) is 0 Å². The van der Waals surface area contributed by atoms with Crippen LogP contribution in [-0.2, 0) is 0 Å². The van der Waals surface area contributed by atoms with Crippen molar-refractivity contribution < 1.29 is 5.11 Å². The van der Waals surface area contributed by atoms with E-state index in [1.807, 2.05) is 12.2 Å². The molecule has 0 rings (SSSR count). The standard InChI is InChI=1S/C9H16O/c1-3-5-7-9(8-10)6-4-2/h5-7,10H,3-4,8H2,1-2H3/b7-5-,9-6+. The molecule has 0 amide bonds.